The van der Waals surface area contributed by atoms with Gasteiger partial charge < -0.3 is 9.47 Å². The Labute approximate surface area is 88.2 Å². The SMILES string of the molecule is CCCOCCOc1nccnc1Cl. The van der Waals surface area contributed by atoms with Gasteiger partial charge in [-0.05, 0) is 6.42 Å². The van der Waals surface area contributed by atoms with E-state index in [0.29, 0.717) is 19.1 Å². The number of hydrogen-bond acceptors (Lipinski definition) is 4. The summed E-state index contributed by atoms with van der Waals surface area (Å²) in [5.41, 5.74) is 0. The summed E-state index contributed by atoms with van der Waals surface area (Å²) in [5, 5.41) is 0.281. The molecule has 0 aliphatic heterocycles. The second-order valence-electron chi connectivity index (χ2n) is 2.61. The number of hydrogen-bond donors (Lipinski definition) is 0. The molecular formula is C9H13ClN2O2. The van der Waals surface area contributed by atoms with E-state index in [9.17, 15) is 0 Å². The van der Waals surface area contributed by atoms with Gasteiger partial charge in [-0.15, -0.1) is 0 Å². The normalized spacial score (nSPS) is 10.1. The maximum Gasteiger partial charge on any atom is 0.252 e. The van der Waals surface area contributed by atoms with Gasteiger partial charge in [-0.1, -0.05) is 18.5 Å². The summed E-state index contributed by atoms with van der Waals surface area (Å²) in [5.74, 6) is 0.356. The van der Waals surface area contributed by atoms with Crippen LogP contribution in [0.5, 0.6) is 5.88 Å². The fourth-order valence-corrected chi connectivity index (χ4v) is 1.01. The third-order valence-corrected chi connectivity index (χ3v) is 1.70. The Hall–Kier alpha value is -0.870. The van der Waals surface area contributed by atoms with Crippen LogP contribution < -0.4 is 4.74 Å². The Morgan fingerprint density at radius 3 is 2.71 bits per heavy atom. The summed E-state index contributed by atoms with van der Waals surface area (Å²) < 4.78 is 10.5. The van der Waals surface area contributed by atoms with Crippen molar-refractivity contribution >= 4 is 11.6 Å². The molecule has 0 radical (unpaired) electrons. The summed E-state index contributed by atoms with van der Waals surface area (Å²) in [7, 11) is 0. The lowest BCUT2D eigenvalue weighted by Crippen LogP contribution is -2.08. The Balaban J connectivity index is 2.21. The molecule has 0 aromatic carbocycles. The lowest BCUT2D eigenvalue weighted by Gasteiger charge is -2.05. The summed E-state index contributed by atoms with van der Waals surface area (Å²) >= 11 is 5.72. The van der Waals surface area contributed by atoms with Crippen molar-refractivity contribution in [3.8, 4) is 5.88 Å². The largest absolute Gasteiger partial charge is 0.473 e. The van der Waals surface area contributed by atoms with E-state index < -0.39 is 0 Å². The quantitative estimate of drug-likeness (QED) is 0.682. The fraction of sp³-hybridized carbons (Fsp3) is 0.556. The van der Waals surface area contributed by atoms with Gasteiger partial charge in [-0.25, -0.2) is 9.97 Å². The molecule has 1 rings (SSSR count). The lowest BCUT2D eigenvalue weighted by atomic mass is 10.5. The summed E-state index contributed by atoms with van der Waals surface area (Å²) in [6.45, 7) is 3.79. The van der Waals surface area contributed by atoms with E-state index in [1.54, 1.807) is 0 Å². The molecule has 0 aliphatic carbocycles. The molecule has 0 N–H and O–H groups in total. The molecule has 1 aromatic heterocycles. The molecule has 0 fully saturated rings. The monoisotopic (exact) mass is 216 g/mol. The predicted molar refractivity (Wildman–Crippen MR) is 53.6 cm³/mol. The van der Waals surface area contributed by atoms with Gasteiger partial charge in [0.25, 0.3) is 5.88 Å². The van der Waals surface area contributed by atoms with E-state index in [-0.39, 0.29) is 5.15 Å². The molecule has 4 nitrogen and oxygen atoms in total. The first-order chi connectivity index (χ1) is 6.84. The van der Waals surface area contributed by atoms with Gasteiger partial charge in [0.05, 0.1) is 6.61 Å². The van der Waals surface area contributed by atoms with E-state index >= 15 is 0 Å². The highest BCUT2D eigenvalue weighted by atomic mass is 35.5. The molecule has 78 valence electrons. The van der Waals surface area contributed by atoms with E-state index in [1.165, 1.54) is 12.4 Å². The van der Waals surface area contributed by atoms with E-state index in [2.05, 4.69) is 16.9 Å². The number of halogens is 1. The third-order valence-electron chi connectivity index (χ3n) is 1.44. The van der Waals surface area contributed by atoms with Crippen LogP contribution in [0.25, 0.3) is 0 Å². The van der Waals surface area contributed by atoms with Crippen molar-refractivity contribution in [2.75, 3.05) is 19.8 Å². The minimum Gasteiger partial charge on any atom is -0.473 e. The summed E-state index contributed by atoms with van der Waals surface area (Å²) in [4.78, 5) is 7.76. The zero-order valence-corrected chi connectivity index (χ0v) is 8.83. The topological polar surface area (TPSA) is 44.2 Å². The van der Waals surface area contributed by atoms with Crippen molar-refractivity contribution in [3.63, 3.8) is 0 Å². The van der Waals surface area contributed by atoms with Crippen molar-refractivity contribution in [1.29, 1.82) is 0 Å². The molecule has 0 bridgehead atoms. The first-order valence-corrected chi connectivity index (χ1v) is 4.89. The average Bonchev–Trinajstić information content (AvgIpc) is 2.20. The number of ether oxygens (including phenoxy) is 2. The zero-order chi connectivity index (χ0) is 10.2. The highest BCUT2D eigenvalue weighted by molar-refractivity contribution is 6.30. The smallest absolute Gasteiger partial charge is 0.252 e. The molecule has 0 saturated carbocycles. The molecule has 0 aliphatic rings. The van der Waals surface area contributed by atoms with Crippen LogP contribution in [0.1, 0.15) is 13.3 Å². The van der Waals surface area contributed by atoms with Gasteiger partial charge in [-0.2, -0.15) is 0 Å². The van der Waals surface area contributed by atoms with Crippen molar-refractivity contribution in [3.05, 3.63) is 17.5 Å². The number of aromatic nitrogens is 2. The van der Waals surface area contributed by atoms with Crippen LogP contribution in [0.3, 0.4) is 0 Å². The highest BCUT2D eigenvalue weighted by Crippen LogP contribution is 2.16. The molecule has 14 heavy (non-hydrogen) atoms. The lowest BCUT2D eigenvalue weighted by molar-refractivity contribution is 0.0989. The van der Waals surface area contributed by atoms with E-state index in [0.717, 1.165) is 13.0 Å². The zero-order valence-electron chi connectivity index (χ0n) is 8.07. The summed E-state index contributed by atoms with van der Waals surface area (Å²) in [6, 6.07) is 0. The minimum atomic E-state index is 0.281. The van der Waals surface area contributed by atoms with Crippen molar-refractivity contribution < 1.29 is 9.47 Å². The van der Waals surface area contributed by atoms with Crippen molar-refractivity contribution in [1.82, 2.24) is 9.97 Å². The van der Waals surface area contributed by atoms with Crippen molar-refractivity contribution in [2.45, 2.75) is 13.3 Å². The van der Waals surface area contributed by atoms with Crippen LogP contribution in [0.15, 0.2) is 12.4 Å². The standard InChI is InChI=1S/C9H13ClN2O2/c1-2-5-13-6-7-14-9-8(10)11-3-4-12-9/h3-4H,2,5-7H2,1H3. The average molecular weight is 217 g/mol. The molecule has 0 saturated heterocycles. The molecule has 5 heteroatoms. The Bertz CT molecular complexity index is 271. The maximum atomic E-state index is 5.72. The van der Waals surface area contributed by atoms with Crippen LogP contribution in [0, 0.1) is 0 Å². The van der Waals surface area contributed by atoms with Gasteiger partial charge in [0.15, 0.2) is 5.15 Å². The van der Waals surface area contributed by atoms with Crippen LogP contribution in [-0.2, 0) is 4.74 Å². The van der Waals surface area contributed by atoms with Crippen molar-refractivity contribution in [2.24, 2.45) is 0 Å². The van der Waals surface area contributed by atoms with E-state index in [4.69, 9.17) is 21.1 Å². The van der Waals surface area contributed by atoms with Crippen LogP contribution >= 0.6 is 11.6 Å². The highest BCUT2D eigenvalue weighted by Gasteiger charge is 2.01. The van der Waals surface area contributed by atoms with Crippen LogP contribution in [0.4, 0.5) is 0 Å². The third kappa shape index (κ3) is 3.89. The minimum absolute atomic E-state index is 0.281. The van der Waals surface area contributed by atoms with Gasteiger partial charge in [-0.3, -0.25) is 0 Å². The Morgan fingerprint density at radius 2 is 2.00 bits per heavy atom. The van der Waals surface area contributed by atoms with E-state index in [1.807, 2.05) is 0 Å². The maximum absolute atomic E-state index is 5.72. The van der Waals surface area contributed by atoms with Gasteiger partial charge >= 0.3 is 0 Å². The Kier molecular flexibility index (Phi) is 5.25. The molecule has 0 amide bonds. The molecular weight excluding hydrogens is 204 g/mol. The van der Waals surface area contributed by atoms with Crippen LogP contribution in [0.2, 0.25) is 5.15 Å². The first kappa shape index (κ1) is 11.2. The number of nitrogens with zero attached hydrogens (tertiary/aromatic N) is 2. The second kappa shape index (κ2) is 6.56. The molecule has 0 atom stereocenters. The molecule has 1 heterocycles. The first-order valence-electron chi connectivity index (χ1n) is 4.51. The van der Waals surface area contributed by atoms with Crippen LogP contribution in [-0.4, -0.2) is 29.8 Å². The molecule has 1 aromatic rings. The van der Waals surface area contributed by atoms with Gasteiger partial charge in [0.2, 0.25) is 0 Å². The van der Waals surface area contributed by atoms with Gasteiger partial charge in [0, 0.05) is 19.0 Å². The Morgan fingerprint density at radius 1 is 1.21 bits per heavy atom. The molecule has 0 unspecified atom stereocenters. The fourth-order valence-electron chi connectivity index (χ4n) is 0.849. The predicted octanol–water partition coefficient (Wildman–Crippen LogP) is 1.94. The summed E-state index contributed by atoms with van der Waals surface area (Å²) in [6.07, 6.45) is 4.06. The second-order valence-corrected chi connectivity index (χ2v) is 2.97. The number of rotatable bonds is 6. The van der Waals surface area contributed by atoms with Gasteiger partial charge in [0.1, 0.15) is 6.61 Å². The molecule has 0 spiro atoms.